The normalized spacial score (nSPS) is 10.6. The van der Waals surface area contributed by atoms with Crippen LogP contribution < -0.4 is 29.0 Å². The number of rotatable bonds is 10. The maximum absolute atomic E-state index is 13.2. The SMILES string of the molecule is COc1cc(Cc2nccc3cc(OC)c(OC)cc23)c(NC(=O)c2ccc(OC)c([N+](=O)[O-])c2)cc1OC. The number of pyridine rings is 1. The summed E-state index contributed by atoms with van der Waals surface area (Å²) >= 11 is 0. The van der Waals surface area contributed by atoms with E-state index >= 15 is 0 Å². The minimum absolute atomic E-state index is 0.0532. The van der Waals surface area contributed by atoms with Gasteiger partial charge in [-0.1, -0.05) is 0 Å². The standard InChI is InChI=1S/C28H27N3O8/c1-35-23-7-6-17(11-22(23)31(33)34)28(32)30-20-15-27(39-5)25(37-3)13-18(20)10-21-19-14-26(38-4)24(36-2)12-16(19)8-9-29-21/h6-9,11-15H,10H2,1-5H3,(H,30,32). The molecule has 0 saturated carbocycles. The van der Waals surface area contributed by atoms with Gasteiger partial charge in [0, 0.05) is 41.4 Å². The van der Waals surface area contributed by atoms with Crippen LogP contribution in [0, 0.1) is 10.1 Å². The quantitative estimate of drug-likeness (QED) is 0.220. The Morgan fingerprint density at radius 2 is 1.44 bits per heavy atom. The number of carbonyl (C=O) groups excluding carboxylic acids is 1. The molecule has 0 aliphatic heterocycles. The molecule has 0 atom stereocenters. The van der Waals surface area contributed by atoms with Crippen molar-refractivity contribution in [2.24, 2.45) is 0 Å². The topological polar surface area (TPSA) is 131 Å². The summed E-state index contributed by atoms with van der Waals surface area (Å²) in [6.45, 7) is 0. The molecular formula is C28H27N3O8. The highest BCUT2D eigenvalue weighted by molar-refractivity contribution is 6.05. The Morgan fingerprint density at radius 3 is 2.08 bits per heavy atom. The molecule has 0 saturated heterocycles. The lowest BCUT2D eigenvalue weighted by Gasteiger charge is -2.17. The molecule has 0 radical (unpaired) electrons. The summed E-state index contributed by atoms with van der Waals surface area (Å²) in [6, 6.07) is 13.0. The number of benzene rings is 3. The molecule has 1 heterocycles. The van der Waals surface area contributed by atoms with E-state index in [1.807, 2.05) is 18.2 Å². The van der Waals surface area contributed by atoms with Crippen LogP contribution in [0.3, 0.4) is 0 Å². The zero-order chi connectivity index (χ0) is 28.1. The first-order valence-electron chi connectivity index (χ1n) is 11.7. The van der Waals surface area contributed by atoms with Crippen molar-refractivity contribution in [2.75, 3.05) is 40.9 Å². The van der Waals surface area contributed by atoms with Crippen molar-refractivity contribution < 1.29 is 33.4 Å². The van der Waals surface area contributed by atoms with Gasteiger partial charge in [-0.3, -0.25) is 19.9 Å². The van der Waals surface area contributed by atoms with Gasteiger partial charge in [-0.25, -0.2) is 0 Å². The Kier molecular flexibility index (Phi) is 7.99. The number of aromatic nitrogens is 1. The summed E-state index contributed by atoms with van der Waals surface area (Å²) in [5.74, 6) is 1.51. The molecule has 11 nitrogen and oxygen atoms in total. The zero-order valence-electron chi connectivity index (χ0n) is 22.1. The van der Waals surface area contributed by atoms with Crippen LogP contribution in [-0.4, -0.2) is 51.4 Å². The zero-order valence-corrected chi connectivity index (χ0v) is 22.1. The van der Waals surface area contributed by atoms with Crippen LogP contribution in [-0.2, 0) is 6.42 Å². The van der Waals surface area contributed by atoms with E-state index in [9.17, 15) is 14.9 Å². The molecule has 39 heavy (non-hydrogen) atoms. The molecule has 1 N–H and O–H groups in total. The summed E-state index contributed by atoms with van der Waals surface area (Å²) < 4.78 is 26.9. The van der Waals surface area contributed by atoms with Crippen LogP contribution in [0.5, 0.6) is 28.7 Å². The number of nitrogens with one attached hydrogen (secondary N) is 1. The Morgan fingerprint density at radius 1 is 0.821 bits per heavy atom. The van der Waals surface area contributed by atoms with Gasteiger partial charge in [-0.05, 0) is 47.3 Å². The van der Waals surface area contributed by atoms with Crippen molar-refractivity contribution in [1.82, 2.24) is 4.98 Å². The van der Waals surface area contributed by atoms with Crippen molar-refractivity contribution in [2.45, 2.75) is 6.42 Å². The van der Waals surface area contributed by atoms with Crippen LogP contribution in [0.2, 0.25) is 0 Å². The second kappa shape index (κ2) is 11.5. The van der Waals surface area contributed by atoms with Gasteiger partial charge in [0.15, 0.2) is 28.7 Å². The lowest BCUT2D eigenvalue weighted by molar-refractivity contribution is -0.385. The molecule has 0 unspecified atom stereocenters. The molecule has 0 aliphatic rings. The lowest BCUT2D eigenvalue weighted by Crippen LogP contribution is -2.14. The number of nitro benzene ring substituents is 1. The van der Waals surface area contributed by atoms with E-state index in [0.29, 0.717) is 40.7 Å². The van der Waals surface area contributed by atoms with Crippen LogP contribution in [0.1, 0.15) is 21.6 Å². The fraction of sp³-hybridized carbons (Fsp3) is 0.214. The predicted octanol–water partition coefficient (Wildman–Crippen LogP) is 5.03. The first-order valence-corrected chi connectivity index (χ1v) is 11.7. The number of carbonyl (C=O) groups is 1. The minimum atomic E-state index is -0.604. The summed E-state index contributed by atoms with van der Waals surface area (Å²) in [7, 11) is 7.46. The smallest absolute Gasteiger partial charge is 0.311 e. The maximum atomic E-state index is 13.2. The number of fused-ring (bicyclic) bond motifs is 1. The average molecular weight is 534 g/mol. The van der Waals surface area contributed by atoms with Crippen molar-refractivity contribution in [1.29, 1.82) is 0 Å². The third-order valence-electron chi connectivity index (χ3n) is 6.20. The Labute approximate surface area is 224 Å². The molecule has 0 bridgehead atoms. The summed E-state index contributed by atoms with van der Waals surface area (Å²) in [4.78, 5) is 28.7. The monoisotopic (exact) mass is 533 g/mol. The third kappa shape index (κ3) is 5.47. The molecule has 1 amide bonds. The van der Waals surface area contributed by atoms with Gasteiger partial charge in [-0.2, -0.15) is 0 Å². The van der Waals surface area contributed by atoms with E-state index in [4.69, 9.17) is 23.7 Å². The summed E-state index contributed by atoms with van der Waals surface area (Å²) in [5, 5.41) is 16.1. The van der Waals surface area contributed by atoms with Gasteiger partial charge < -0.3 is 29.0 Å². The number of nitro groups is 1. The number of hydrogen-bond donors (Lipinski definition) is 1. The number of hydrogen-bond acceptors (Lipinski definition) is 9. The Bertz CT molecular complexity index is 1550. The van der Waals surface area contributed by atoms with E-state index < -0.39 is 10.8 Å². The van der Waals surface area contributed by atoms with Gasteiger partial charge in [-0.15, -0.1) is 0 Å². The van der Waals surface area contributed by atoms with Crippen molar-refractivity contribution in [3.63, 3.8) is 0 Å². The summed E-state index contributed by atoms with van der Waals surface area (Å²) in [6.07, 6.45) is 2.00. The molecule has 1 aromatic heterocycles. The Balaban J connectivity index is 1.78. The van der Waals surface area contributed by atoms with E-state index in [1.165, 1.54) is 39.5 Å². The van der Waals surface area contributed by atoms with Crippen LogP contribution in [0.15, 0.2) is 54.7 Å². The highest BCUT2D eigenvalue weighted by atomic mass is 16.6. The highest BCUT2D eigenvalue weighted by Gasteiger charge is 2.21. The highest BCUT2D eigenvalue weighted by Crippen LogP contribution is 2.37. The second-order valence-electron chi connectivity index (χ2n) is 8.32. The predicted molar refractivity (Wildman–Crippen MR) is 145 cm³/mol. The fourth-order valence-electron chi connectivity index (χ4n) is 4.23. The second-order valence-corrected chi connectivity index (χ2v) is 8.32. The molecular weight excluding hydrogens is 506 g/mol. The van der Waals surface area contributed by atoms with Gasteiger partial charge in [0.25, 0.3) is 5.91 Å². The Hall–Kier alpha value is -5.06. The van der Waals surface area contributed by atoms with Crippen LogP contribution in [0.4, 0.5) is 11.4 Å². The first kappa shape index (κ1) is 27.0. The molecule has 202 valence electrons. The molecule has 0 spiro atoms. The number of nitrogens with zero attached hydrogens (tertiary/aromatic N) is 2. The van der Waals surface area contributed by atoms with E-state index in [1.54, 1.807) is 32.5 Å². The van der Waals surface area contributed by atoms with E-state index in [0.717, 1.165) is 16.5 Å². The molecule has 0 aliphatic carbocycles. The van der Waals surface area contributed by atoms with Crippen molar-refractivity contribution in [3.8, 4) is 28.7 Å². The van der Waals surface area contributed by atoms with Gasteiger partial charge in [0.05, 0.1) is 46.2 Å². The van der Waals surface area contributed by atoms with Crippen LogP contribution >= 0.6 is 0 Å². The molecule has 11 heteroatoms. The minimum Gasteiger partial charge on any atom is -0.493 e. The molecule has 4 rings (SSSR count). The number of ether oxygens (including phenoxy) is 5. The van der Waals surface area contributed by atoms with E-state index in [2.05, 4.69) is 10.3 Å². The van der Waals surface area contributed by atoms with Gasteiger partial charge >= 0.3 is 5.69 Å². The van der Waals surface area contributed by atoms with Gasteiger partial charge in [0.1, 0.15) is 0 Å². The molecule has 3 aromatic carbocycles. The number of methoxy groups -OCH3 is 5. The third-order valence-corrected chi connectivity index (χ3v) is 6.20. The molecule has 4 aromatic rings. The summed E-state index contributed by atoms with van der Waals surface area (Å²) in [5.41, 5.74) is 1.59. The van der Waals surface area contributed by atoms with Gasteiger partial charge in [0.2, 0.25) is 0 Å². The van der Waals surface area contributed by atoms with Crippen LogP contribution in [0.25, 0.3) is 10.8 Å². The first-order chi connectivity index (χ1) is 18.8. The number of anilines is 1. The largest absolute Gasteiger partial charge is 0.493 e. The van der Waals surface area contributed by atoms with Crippen molar-refractivity contribution >= 4 is 28.1 Å². The molecule has 0 fully saturated rings. The number of amides is 1. The fourth-order valence-corrected chi connectivity index (χ4v) is 4.23. The van der Waals surface area contributed by atoms with Crippen molar-refractivity contribution in [3.05, 3.63) is 81.7 Å². The average Bonchev–Trinajstić information content (AvgIpc) is 2.96. The van der Waals surface area contributed by atoms with E-state index in [-0.39, 0.29) is 17.0 Å². The maximum Gasteiger partial charge on any atom is 0.311 e. The lowest BCUT2D eigenvalue weighted by atomic mass is 10.0.